The first-order chi connectivity index (χ1) is 41.0. The number of aliphatic carboxylic acids is 1. The van der Waals surface area contributed by atoms with Crippen molar-refractivity contribution < 1.29 is 94.3 Å². The zero-order chi connectivity index (χ0) is 62.4. The van der Waals surface area contributed by atoms with E-state index in [1.165, 1.54) is 13.5 Å². The number of fused-ring (bicyclic) bond motifs is 2. The molecular formula is C62H74LiN7O16S2. The van der Waals surface area contributed by atoms with Gasteiger partial charge in [0.1, 0.15) is 29.8 Å². The Balaban J connectivity index is 0.000000277. The molecule has 2 aliphatic carbocycles. The van der Waals surface area contributed by atoms with Crippen LogP contribution in [0.1, 0.15) is 126 Å². The first kappa shape index (κ1) is 69.5. The summed E-state index contributed by atoms with van der Waals surface area (Å²) < 4.78 is 72.3. The number of benzene rings is 3. The molecule has 7 aromatic rings. The maximum absolute atomic E-state index is 13.5. The number of rotatable bonds is 22. The topological polar surface area (TPSA) is 339 Å². The molecule has 3 aromatic carbocycles. The maximum Gasteiger partial charge on any atom is 1.00 e. The molecule has 0 spiro atoms. The fraction of sp³-hybridized carbons (Fsp3) is 0.403. The third-order valence-corrected chi connectivity index (χ3v) is 17.9. The number of carboxylic acid groups (broad SMARTS) is 1. The third kappa shape index (κ3) is 16.0. The van der Waals surface area contributed by atoms with Gasteiger partial charge in [-0.3, -0.25) is 38.3 Å². The zero-order valence-corrected chi connectivity index (χ0v) is 52.4. The molecular weight excluding hydrogens is 1170 g/mol. The molecule has 3 atom stereocenters. The Labute approximate surface area is 523 Å². The van der Waals surface area contributed by atoms with E-state index in [4.69, 9.17) is 29.1 Å². The van der Waals surface area contributed by atoms with Crippen molar-refractivity contribution in [3.63, 3.8) is 0 Å². The summed E-state index contributed by atoms with van der Waals surface area (Å²) in [5.74, 6) is -1.52. The van der Waals surface area contributed by atoms with Crippen molar-refractivity contribution in [1.29, 1.82) is 0 Å². The molecule has 466 valence electrons. The Morgan fingerprint density at radius 2 is 1.08 bits per heavy atom. The van der Waals surface area contributed by atoms with Gasteiger partial charge >= 0.3 is 30.9 Å². The number of carbonyl (C=O) groups excluding carboxylic acids is 4. The number of carbonyl (C=O) groups is 5. The number of pyridine rings is 2. The molecule has 6 N–H and O–H groups in total. The van der Waals surface area contributed by atoms with Crippen LogP contribution in [0, 0.1) is 25.7 Å². The number of furan rings is 2. The van der Waals surface area contributed by atoms with Gasteiger partial charge in [0.15, 0.2) is 0 Å². The molecule has 23 nitrogen and oxygen atoms in total. The number of amides is 4. The fourth-order valence-corrected chi connectivity index (χ4v) is 12.4. The quantitative estimate of drug-likeness (QED) is 0.0260. The summed E-state index contributed by atoms with van der Waals surface area (Å²) in [6.45, 7) is 7.58. The predicted octanol–water partition coefficient (Wildman–Crippen LogP) is 6.96. The largest absolute Gasteiger partial charge is 1.00 e. The molecule has 26 heteroatoms. The Morgan fingerprint density at radius 3 is 1.45 bits per heavy atom. The number of sulfonamides is 2. The Hall–Kier alpha value is -7.63. The number of ether oxygens (including phenoxy) is 1. The number of aromatic nitrogens is 2. The number of aryl methyl sites for hydroxylation is 2. The van der Waals surface area contributed by atoms with Gasteiger partial charge in [-0.05, 0) is 112 Å². The van der Waals surface area contributed by atoms with Crippen LogP contribution in [0.5, 0.6) is 0 Å². The second kappa shape index (κ2) is 29.6. The molecule has 2 saturated carbocycles. The van der Waals surface area contributed by atoms with Gasteiger partial charge in [-0.25, -0.2) is 26.5 Å². The molecule has 1 saturated heterocycles. The van der Waals surface area contributed by atoms with Crippen molar-refractivity contribution in [3.05, 3.63) is 130 Å². The Bertz CT molecular complexity index is 3870. The predicted molar refractivity (Wildman–Crippen MR) is 327 cm³/mol. The first-order valence-corrected chi connectivity index (χ1v) is 32.1. The third-order valence-electron chi connectivity index (χ3n) is 15.6. The molecule has 0 bridgehead atoms. The van der Waals surface area contributed by atoms with Crippen molar-refractivity contribution in [1.82, 2.24) is 25.5 Å². The van der Waals surface area contributed by atoms with Gasteiger partial charge in [-0.1, -0.05) is 104 Å². The SMILES string of the molecule is CNC(=O)c1c(-c2ccc(C)cc2)oc2nc(N(CCC[C@H](C)C(=O)N3C(=O)OC[C@@H]3Cc3ccccc3)S(C)(=O)=O)c(C3CC3)cc12.CNC(=O)c1c(-c2ccc(C)cc2)oc2nc(N(CCC[C@H](C)C(=O)O)S(C)(=O)=O)c(C3CC3)cc12.OO.[Li+].[OH-]. The fourth-order valence-electron chi connectivity index (χ4n) is 10.6. The van der Waals surface area contributed by atoms with Gasteiger partial charge in [0.25, 0.3) is 11.8 Å². The van der Waals surface area contributed by atoms with Gasteiger partial charge in [0.2, 0.25) is 37.4 Å². The van der Waals surface area contributed by atoms with Gasteiger partial charge in [0.05, 0.1) is 46.4 Å². The van der Waals surface area contributed by atoms with Crippen LogP contribution in [0.25, 0.3) is 44.8 Å². The van der Waals surface area contributed by atoms with E-state index in [2.05, 4.69) is 15.6 Å². The number of imide groups is 1. The van der Waals surface area contributed by atoms with Crippen LogP contribution in [-0.4, -0.2) is 135 Å². The second-order valence-electron chi connectivity index (χ2n) is 22.3. The average Bonchev–Trinajstić information content (AvgIpc) is 1.71. The van der Waals surface area contributed by atoms with Crippen molar-refractivity contribution in [2.45, 2.75) is 103 Å². The summed E-state index contributed by atoms with van der Waals surface area (Å²) in [6.07, 6.45) is 7.00. The minimum Gasteiger partial charge on any atom is -0.870 e. The zero-order valence-electron chi connectivity index (χ0n) is 50.8. The van der Waals surface area contributed by atoms with Crippen LogP contribution in [0.15, 0.2) is 99.8 Å². The van der Waals surface area contributed by atoms with Gasteiger partial charge in [-0.2, -0.15) is 9.97 Å². The van der Waals surface area contributed by atoms with Crippen molar-refractivity contribution >= 4 is 83.7 Å². The summed E-state index contributed by atoms with van der Waals surface area (Å²) in [4.78, 5) is 74.0. The number of cyclic esters (lactones) is 1. The van der Waals surface area contributed by atoms with Crippen LogP contribution >= 0.6 is 0 Å². The second-order valence-corrected chi connectivity index (χ2v) is 26.1. The summed E-state index contributed by atoms with van der Waals surface area (Å²) in [6, 6.07) is 28.1. The number of nitrogens with zero attached hydrogens (tertiary/aromatic N) is 5. The van der Waals surface area contributed by atoms with Crippen molar-refractivity contribution in [2.24, 2.45) is 11.8 Å². The summed E-state index contributed by atoms with van der Waals surface area (Å²) in [5.41, 5.74) is 7.08. The normalized spacial score (nSPS) is 15.3. The summed E-state index contributed by atoms with van der Waals surface area (Å²) >= 11 is 0. The number of hydrogen-bond acceptors (Lipinski definition) is 17. The minimum atomic E-state index is -3.80. The van der Waals surface area contributed by atoms with E-state index in [1.54, 1.807) is 27.9 Å². The number of hydrogen-bond donors (Lipinski definition) is 5. The van der Waals surface area contributed by atoms with E-state index < -0.39 is 50.0 Å². The molecule has 88 heavy (non-hydrogen) atoms. The molecule has 4 amide bonds. The van der Waals surface area contributed by atoms with E-state index in [1.807, 2.05) is 105 Å². The van der Waals surface area contributed by atoms with Gasteiger partial charge in [-0.15, -0.1) is 0 Å². The van der Waals surface area contributed by atoms with E-state index in [0.29, 0.717) is 76.7 Å². The van der Waals surface area contributed by atoms with Crippen LogP contribution in [0.4, 0.5) is 16.4 Å². The smallest absolute Gasteiger partial charge is 0.870 e. The van der Waals surface area contributed by atoms with Crippen LogP contribution in [-0.2, 0) is 40.8 Å². The monoisotopic (exact) mass is 1240 g/mol. The number of carboxylic acids is 1. The molecule has 1 aliphatic heterocycles. The molecule has 10 rings (SSSR count). The van der Waals surface area contributed by atoms with Crippen LogP contribution in [0.3, 0.4) is 0 Å². The molecule has 4 aromatic heterocycles. The van der Waals surface area contributed by atoms with E-state index >= 15 is 0 Å². The van der Waals surface area contributed by atoms with Crippen LogP contribution < -0.4 is 38.1 Å². The number of anilines is 2. The van der Waals surface area contributed by atoms with Gasteiger partial charge in [0, 0.05) is 44.2 Å². The molecule has 0 unspecified atom stereocenters. The Morgan fingerprint density at radius 1 is 0.670 bits per heavy atom. The molecule has 0 radical (unpaired) electrons. The van der Waals surface area contributed by atoms with E-state index in [9.17, 15) is 45.9 Å². The first-order valence-electron chi connectivity index (χ1n) is 28.4. The minimum absolute atomic E-state index is 0. The van der Waals surface area contributed by atoms with Crippen molar-refractivity contribution in [3.8, 4) is 22.6 Å². The summed E-state index contributed by atoms with van der Waals surface area (Å²) in [7, 11) is -4.41. The molecule has 3 fully saturated rings. The Kier molecular flexibility index (Phi) is 23.4. The van der Waals surface area contributed by atoms with Gasteiger partial charge < -0.3 is 34.8 Å². The maximum atomic E-state index is 13.5. The standard InChI is InChI=1S/C36H40N4O7S.C26H31N3O6S.Li.H2O2.H2O/c1-22-12-14-26(15-13-22)31-30(33(41)37-3)29-20-28(25-16-17-25)32(38-34(29)47-31)39(48(4,44)45)18-8-9-23(2)35(42)40-27(21-46-36(40)43)19-24-10-6-5-7-11-24;1-15-7-9-18(10-8-15)22-21(24(30)27-3)20-14-19(17-11-12-17)23(28-25(20)35-22)29(36(4,33)34)13-5-6-16(2)26(31)32;;1-2;/h5-7,10-15,20,23,25,27H,8-9,16-19,21H2,1-4H3,(H,37,41);7-10,14,16-17H,5-6,11-13H2,1-4H3,(H,27,30)(H,31,32);;1-2H;1H2/q;;+1;;/p-1/t23-,27-;16-;;;/m00.../s1. The summed E-state index contributed by atoms with van der Waals surface area (Å²) in [5, 5.41) is 27.6. The number of nitrogens with one attached hydrogen (secondary N) is 2. The average molecular weight is 1240 g/mol. The van der Waals surface area contributed by atoms with E-state index in [-0.39, 0.29) is 96.7 Å². The molecule has 5 heterocycles. The van der Waals surface area contributed by atoms with Crippen LogP contribution in [0.2, 0.25) is 0 Å². The van der Waals surface area contributed by atoms with Crippen molar-refractivity contribution in [2.75, 3.05) is 54.9 Å². The van der Waals surface area contributed by atoms with E-state index in [0.717, 1.165) is 66.0 Å². The molecule has 3 aliphatic rings.